The summed E-state index contributed by atoms with van der Waals surface area (Å²) in [5, 5.41) is 6.89. The Balaban J connectivity index is 1.34. The Bertz CT molecular complexity index is 1140. The number of ether oxygens (including phenoxy) is 1. The first kappa shape index (κ1) is 22.5. The van der Waals surface area contributed by atoms with Crippen molar-refractivity contribution < 1.29 is 18.8 Å². The van der Waals surface area contributed by atoms with Crippen LogP contribution in [-0.2, 0) is 16.0 Å². The first-order chi connectivity index (χ1) is 15.9. The second-order valence-corrected chi connectivity index (χ2v) is 8.37. The molecule has 1 fully saturated rings. The average Bonchev–Trinajstić information content (AvgIpc) is 3.47. The lowest BCUT2D eigenvalue weighted by molar-refractivity contribution is -0.117. The number of carbonyl (C=O) groups excluding carboxylic acids is 2. The number of nitrogens with zero attached hydrogens (tertiary/aromatic N) is 3. The molecule has 1 saturated heterocycles. The van der Waals surface area contributed by atoms with Gasteiger partial charge in [0.15, 0.2) is 0 Å². The second kappa shape index (κ2) is 9.85. The Morgan fingerprint density at radius 1 is 1.21 bits per heavy atom. The summed E-state index contributed by atoms with van der Waals surface area (Å²) < 4.78 is 10.8. The molecule has 0 radical (unpaired) electrons. The SMILES string of the molecule is COc1cc(NC(=O)CCc2nc(-c3ccc(C(C)C)cc3)no2)ccc1N1CCCC1=O. The van der Waals surface area contributed by atoms with Crippen LogP contribution >= 0.6 is 0 Å². The number of hydrogen-bond acceptors (Lipinski definition) is 6. The molecule has 172 valence electrons. The topological polar surface area (TPSA) is 97.6 Å². The van der Waals surface area contributed by atoms with E-state index in [1.54, 1.807) is 30.2 Å². The number of hydrogen-bond donors (Lipinski definition) is 1. The van der Waals surface area contributed by atoms with Crippen molar-refractivity contribution in [1.82, 2.24) is 10.1 Å². The van der Waals surface area contributed by atoms with Crippen LogP contribution in [0.4, 0.5) is 11.4 Å². The van der Waals surface area contributed by atoms with Gasteiger partial charge in [0.25, 0.3) is 0 Å². The van der Waals surface area contributed by atoms with Crippen molar-refractivity contribution >= 4 is 23.2 Å². The molecule has 1 aliphatic heterocycles. The molecule has 8 heteroatoms. The largest absolute Gasteiger partial charge is 0.494 e. The molecule has 0 spiro atoms. The average molecular weight is 449 g/mol. The Labute approximate surface area is 192 Å². The predicted octanol–water partition coefficient (Wildman–Crippen LogP) is 4.57. The molecular weight excluding hydrogens is 420 g/mol. The summed E-state index contributed by atoms with van der Waals surface area (Å²) in [6.07, 6.45) is 1.91. The van der Waals surface area contributed by atoms with E-state index in [4.69, 9.17) is 9.26 Å². The molecule has 3 aromatic rings. The number of anilines is 2. The molecule has 4 rings (SSSR count). The van der Waals surface area contributed by atoms with Gasteiger partial charge in [-0.1, -0.05) is 43.3 Å². The molecule has 0 aliphatic carbocycles. The summed E-state index contributed by atoms with van der Waals surface area (Å²) in [7, 11) is 1.55. The third kappa shape index (κ3) is 5.22. The maximum atomic E-state index is 12.5. The van der Waals surface area contributed by atoms with Crippen molar-refractivity contribution in [3.8, 4) is 17.1 Å². The van der Waals surface area contributed by atoms with E-state index in [-0.39, 0.29) is 18.2 Å². The number of aryl methyl sites for hydroxylation is 1. The van der Waals surface area contributed by atoms with Crippen LogP contribution in [0.3, 0.4) is 0 Å². The van der Waals surface area contributed by atoms with Gasteiger partial charge in [0, 0.05) is 43.1 Å². The summed E-state index contributed by atoms with van der Waals surface area (Å²) in [6, 6.07) is 13.4. The fourth-order valence-corrected chi connectivity index (χ4v) is 3.82. The van der Waals surface area contributed by atoms with Gasteiger partial charge >= 0.3 is 0 Å². The van der Waals surface area contributed by atoms with Gasteiger partial charge in [-0.3, -0.25) is 9.59 Å². The first-order valence-electron chi connectivity index (χ1n) is 11.2. The Hall–Kier alpha value is -3.68. The van der Waals surface area contributed by atoms with Crippen molar-refractivity contribution in [2.75, 3.05) is 23.9 Å². The number of methoxy groups -OCH3 is 1. The molecular formula is C25H28N4O4. The zero-order chi connectivity index (χ0) is 23.4. The molecule has 2 heterocycles. The minimum absolute atomic E-state index is 0.0832. The Kier molecular flexibility index (Phi) is 6.72. The maximum absolute atomic E-state index is 12.5. The van der Waals surface area contributed by atoms with Gasteiger partial charge in [-0.05, 0) is 30.0 Å². The van der Waals surface area contributed by atoms with E-state index in [1.165, 1.54) is 5.56 Å². The summed E-state index contributed by atoms with van der Waals surface area (Å²) in [6.45, 7) is 4.96. The lowest BCUT2D eigenvalue weighted by atomic mass is 10.0. The monoisotopic (exact) mass is 448 g/mol. The predicted molar refractivity (Wildman–Crippen MR) is 125 cm³/mol. The minimum atomic E-state index is -0.178. The molecule has 2 aromatic carbocycles. The summed E-state index contributed by atoms with van der Waals surface area (Å²) in [5.74, 6) is 1.83. The molecule has 0 bridgehead atoms. The van der Waals surface area contributed by atoms with Crippen molar-refractivity contribution in [2.24, 2.45) is 0 Å². The van der Waals surface area contributed by atoms with Crippen LogP contribution in [0.1, 0.15) is 50.5 Å². The zero-order valence-corrected chi connectivity index (χ0v) is 19.1. The number of rotatable bonds is 8. The molecule has 1 aliphatic rings. The van der Waals surface area contributed by atoms with Crippen LogP contribution in [0.15, 0.2) is 47.0 Å². The van der Waals surface area contributed by atoms with Crippen LogP contribution in [0, 0.1) is 0 Å². The molecule has 0 saturated carbocycles. The van der Waals surface area contributed by atoms with Crippen molar-refractivity contribution in [3.63, 3.8) is 0 Å². The van der Waals surface area contributed by atoms with Gasteiger partial charge in [0.1, 0.15) is 5.75 Å². The van der Waals surface area contributed by atoms with Crippen LogP contribution in [-0.4, -0.2) is 35.6 Å². The number of carbonyl (C=O) groups is 2. The van der Waals surface area contributed by atoms with Crippen molar-refractivity contribution in [1.29, 1.82) is 0 Å². The van der Waals surface area contributed by atoms with Gasteiger partial charge in [-0.15, -0.1) is 0 Å². The number of benzene rings is 2. The van der Waals surface area contributed by atoms with Gasteiger partial charge in [0.2, 0.25) is 23.5 Å². The van der Waals surface area contributed by atoms with Crippen LogP contribution in [0.5, 0.6) is 5.75 Å². The van der Waals surface area contributed by atoms with E-state index < -0.39 is 0 Å². The fourth-order valence-electron chi connectivity index (χ4n) is 3.82. The molecule has 2 amide bonds. The van der Waals surface area contributed by atoms with Crippen molar-refractivity contribution in [3.05, 3.63) is 53.9 Å². The van der Waals surface area contributed by atoms with Crippen LogP contribution in [0.2, 0.25) is 0 Å². The summed E-state index contributed by atoms with van der Waals surface area (Å²) >= 11 is 0. The Morgan fingerprint density at radius 2 is 2.00 bits per heavy atom. The first-order valence-corrected chi connectivity index (χ1v) is 11.2. The molecule has 33 heavy (non-hydrogen) atoms. The standard InChI is InChI=1S/C25H28N4O4/c1-16(2)17-6-8-18(9-7-17)25-27-23(33-28-25)13-12-22(30)26-19-10-11-20(21(15-19)32-3)29-14-4-5-24(29)31/h6-11,15-16H,4-5,12-14H2,1-3H3,(H,26,30). The molecule has 0 unspecified atom stereocenters. The molecule has 1 aromatic heterocycles. The van der Waals surface area contributed by atoms with Crippen LogP contribution in [0.25, 0.3) is 11.4 Å². The highest BCUT2D eigenvalue weighted by atomic mass is 16.5. The number of amides is 2. The highest BCUT2D eigenvalue weighted by molar-refractivity contribution is 5.98. The van der Waals surface area contributed by atoms with E-state index in [0.717, 1.165) is 17.7 Å². The lowest BCUT2D eigenvalue weighted by Crippen LogP contribution is -2.24. The summed E-state index contributed by atoms with van der Waals surface area (Å²) in [4.78, 5) is 30.6. The third-order valence-corrected chi connectivity index (χ3v) is 5.70. The highest BCUT2D eigenvalue weighted by Gasteiger charge is 2.24. The molecule has 0 atom stereocenters. The van der Waals surface area contributed by atoms with Gasteiger partial charge in [-0.2, -0.15) is 4.98 Å². The molecule has 8 nitrogen and oxygen atoms in total. The normalized spacial score (nSPS) is 13.6. The minimum Gasteiger partial charge on any atom is -0.494 e. The van der Waals surface area contributed by atoms with E-state index in [0.29, 0.717) is 48.5 Å². The lowest BCUT2D eigenvalue weighted by Gasteiger charge is -2.19. The maximum Gasteiger partial charge on any atom is 0.227 e. The molecule has 1 N–H and O–H groups in total. The third-order valence-electron chi connectivity index (χ3n) is 5.70. The van der Waals surface area contributed by atoms with Gasteiger partial charge < -0.3 is 19.5 Å². The number of aromatic nitrogens is 2. The quantitative estimate of drug-likeness (QED) is 0.542. The van der Waals surface area contributed by atoms with E-state index in [1.807, 2.05) is 12.1 Å². The van der Waals surface area contributed by atoms with Crippen molar-refractivity contribution in [2.45, 2.75) is 45.4 Å². The second-order valence-electron chi connectivity index (χ2n) is 8.37. The Morgan fingerprint density at radius 3 is 2.67 bits per heavy atom. The van der Waals surface area contributed by atoms with E-state index in [2.05, 4.69) is 41.4 Å². The van der Waals surface area contributed by atoms with Gasteiger partial charge in [0.05, 0.1) is 12.8 Å². The number of nitrogens with one attached hydrogen (secondary N) is 1. The summed E-state index contributed by atoms with van der Waals surface area (Å²) in [5.41, 5.74) is 3.44. The highest BCUT2D eigenvalue weighted by Crippen LogP contribution is 2.34. The van der Waals surface area contributed by atoms with E-state index >= 15 is 0 Å². The fraction of sp³-hybridized carbons (Fsp3) is 0.360. The van der Waals surface area contributed by atoms with Gasteiger partial charge in [-0.25, -0.2) is 0 Å². The van der Waals surface area contributed by atoms with E-state index in [9.17, 15) is 9.59 Å². The van der Waals surface area contributed by atoms with Crippen LogP contribution < -0.4 is 15.0 Å². The smallest absolute Gasteiger partial charge is 0.227 e. The zero-order valence-electron chi connectivity index (χ0n) is 19.1.